The third-order valence-electron chi connectivity index (χ3n) is 5.57. The molecule has 1 atom stereocenters. The number of hydrogen-bond donors (Lipinski definition) is 1. The Labute approximate surface area is 167 Å². The first-order valence-corrected chi connectivity index (χ1v) is 10.3. The smallest absolute Gasteiger partial charge is 0.338 e. The Bertz CT molecular complexity index is 656. The van der Waals surface area contributed by atoms with Crippen LogP contribution in [0.4, 0.5) is 10.5 Å². The molecule has 3 rings (SSSR count). The monoisotopic (exact) mass is 388 g/mol. The average Bonchev–Trinajstić information content (AvgIpc) is 2.71. The van der Waals surface area contributed by atoms with Crippen molar-refractivity contribution >= 4 is 17.7 Å². The normalized spacial score (nSPS) is 21.4. The third-order valence-corrected chi connectivity index (χ3v) is 5.57. The number of piperazine rings is 1. The predicted molar refractivity (Wildman–Crippen MR) is 110 cm³/mol. The van der Waals surface area contributed by atoms with Crippen LogP contribution in [-0.2, 0) is 4.74 Å². The first-order chi connectivity index (χ1) is 13.5. The largest absolute Gasteiger partial charge is 0.462 e. The number of carbonyl (C=O) groups excluding carboxylic acids is 2. The van der Waals surface area contributed by atoms with E-state index in [1.165, 1.54) is 6.42 Å². The molecule has 1 aromatic rings. The van der Waals surface area contributed by atoms with Crippen molar-refractivity contribution in [2.45, 2.75) is 19.8 Å². The minimum Gasteiger partial charge on any atom is -0.462 e. The number of nitrogens with one attached hydrogen (secondary N) is 1. The predicted octanol–water partition coefficient (Wildman–Crippen LogP) is 2.35. The first-order valence-electron chi connectivity index (χ1n) is 10.3. The molecule has 154 valence electrons. The summed E-state index contributed by atoms with van der Waals surface area (Å²) in [5.41, 5.74) is 1.18. The second kappa shape index (κ2) is 9.89. The number of hydrogen-bond acceptors (Lipinski definition) is 5. The molecule has 2 heterocycles. The zero-order chi connectivity index (χ0) is 19.9. The highest BCUT2D eigenvalue weighted by molar-refractivity contribution is 5.92. The van der Waals surface area contributed by atoms with E-state index in [9.17, 15) is 9.59 Å². The van der Waals surface area contributed by atoms with Crippen molar-refractivity contribution in [1.29, 1.82) is 0 Å². The van der Waals surface area contributed by atoms with Crippen LogP contribution in [0.5, 0.6) is 0 Å². The molecule has 2 aliphatic rings. The number of rotatable bonds is 5. The Kier molecular flexibility index (Phi) is 7.28. The van der Waals surface area contributed by atoms with E-state index in [1.54, 1.807) is 31.2 Å². The maximum Gasteiger partial charge on any atom is 0.338 e. The van der Waals surface area contributed by atoms with E-state index >= 15 is 0 Å². The fourth-order valence-corrected chi connectivity index (χ4v) is 3.90. The summed E-state index contributed by atoms with van der Waals surface area (Å²) in [4.78, 5) is 31.2. The SMILES string of the molecule is CCOC(=O)c1ccc(NC(=O)N2CCC[C@H](CN3CCN(C)CC3)C2)cc1. The van der Waals surface area contributed by atoms with Crippen LogP contribution < -0.4 is 5.32 Å². The van der Waals surface area contributed by atoms with Crippen molar-refractivity contribution in [3.05, 3.63) is 29.8 Å². The summed E-state index contributed by atoms with van der Waals surface area (Å²) in [6.07, 6.45) is 2.23. The summed E-state index contributed by atoms with van der Waals surface area (Å²) >= 11 is 0. The van der Waals surface area contributed by atoms with Crippen molar-refractivity contribution < 1.29 is 14.3 Å². The second-order valence-electron chi connectivity index (χ2n) is 7.79. The summed E-state index contributed by atoms with van der Waals surface area (Å²) < 4.78 is 4.98. The molecule has 2 amide bonds. The van der Waals surface area contributed by atoms with Gasteiger partial charge in [-0.15, -0.1) is 0 Å². The Morgan fingerprint density at radius 2 is 1.82 bits per heavy atom. The minimum atomic E-state index is -0.344. The number of benzene rings is 1. The van der Waals surface area contributed by atoms with Gasteiger partial charge in [-0.05, 0) is 57.0 Å². The number of amides is 2. The number of ether oxygens (including phenoxy) is 1. The number of anilines is 1. The van der Waals surface area contributed by atoms with E-state index in [4.69, 9.17) is 4.74 Å². The van der Waals surface area contributed by atoms with Gasteiger partial charge in [-0.2, -0.15) is 0 Å². The molecule has 7 heteroatoms. The van der Waals surface area contributed by atoms with E-state index < -0.39 is 0 Å². The van der Waals surface area contributed by atoms with Crippen molar-refractivity contribution in [2.75, 3.05) is 64.8 Å². The van der Waals surface area contributed by atoms with Gasteiger partial charge in [-0.3, -0.25) is 0 Å². The molecule has 0 aromatic heterocycles. The summed E-state index contributed by atoms with van der Waals surface area (Å²) in [6.45, 7) is 9.29. The molecule has 1 aromatic carbocycles. The minimum absolute atomic E-state index is 0.0630. The Morgan fingerprint density at radius 3 is 2.50 bits per heavy atom. The summed E-state index contributed by atoms with van der Waals surface area (Å²) in [6, 6.07) is 6.79. The van der Waals surface area contributed by atoms with Crippen LogP contribution in [-0.4, -0.2) is 86.2 Å². The molecular formula is C21H32N4O3. The van der Waals surface area contributed by atoms with Crippen LogP contribution >= 0.6 is 0 Å². The molecule has 2 aliphatic heterocycles. The molecule has 0 radical (unpaired) electrons. The fourth-order valence-electron chi connectivity index (χ4n) is 3.90. The van der Waals surface area contributed by atoms with E-state index in [0.29, 0.717) is 23.8 Å². The quantitative estimate of drug-likeness (QED) is 0.785. The van der Waals surface area contributed by atoms with Crippen LogP contribution in [0.2, 0.25) is 0 Å². The fraction of sp³-hybridized carbons (Fsp3) is 0.619. The van der Waals surface area contributed by atoms with E-state index in [1.807, 2.05) is 4.90 Å². The van der Waals surface area contributed by atoms with E-state index in [2.05, 4.69) is 22.2 Å². The molecular weight excluding hydrogens is 356 g/mol. The van der Waals surface area contributed by atoms with Crippen LogP contribution in [0.1, 0.15) is 30.1 Å². The maximum absolute atomic E-state index is 12.7. The molecule has 28 heavy (non-hydrogen) atoms. The molecule has 0 unspecified atom stereocenters. The number of nitrogens with zero attached hydrogens (tertiary/aromatic N) is 3. The van der Waals surface area contributed by atoms with Gasteiger partial charge in [0, 0.05) is 51.5 Å². The van der Waals surface area contributed by atoms with Crippen molar-refractivity contribution in [3.63, 3.8) is 0 Å². The van der Waals surface area contributed by atoms with Crippen LogP contribution in [0.3, 0.4) is 0 Å². The van der Waals surface area contributed by atoms with Crippen LogP contribution in [0, 0.1) is 5.92 Å². The van der Waals surface area contributed by atoms with Gasteiger partial charge in [0.05, 0.1) is 12.2 Å². The molecule has 2 fully saturated rings. The molecule has 0 bridgehead atoms. The van der Waals surface area contributed by atoms with Gasteiger partial charge in [0.15, 0.2) is 0 Å². The second-order valence-corrected chi connectivity index (χ2v) is 7.79. The van der Waals surface area contributed by atoms with Gasteiger partial charge in [-0.25, -0.2) is 9.59 Å². The Hall–Kier alpha value is -2.12. The van der Waals surface area contributed by atoms with Crippen LogP contribution in [0.25, 0.3) is 0 Å². The van der Waals surface area contributed by atoms with Crippen molar-refractivity contribution in [3.8, 4) is 0 Å². The number of urea groups is 1. The van der Waals surface area contributed by atoms with Gasteiger partial charge < -0.3 is 24.8 Å². The van der Waals surface area contributed by atoms with Gasteiger partial charge in [0.1, 0.15) is 0 Å². The zero-order valence-corrected chi connectivity index (χ0v) is 17.0. The van der Waals surface area contributed by atoms with Crippen molar-refractivity contribution in [2.24, 2.45) is 5.92 Å². The topological polar surface area (TPSA) is 65.1 Å². The van der Waals surface area contributed by atoms with E-state index in [-0.39, 0.29) is 12.0 Å². The van der Waals surface area contributed by atoms with Crippen LogP contribution in [0.15, 0.2) is 24.3 Å². The summed E-state index contributed by atoms with van der Waals surface area (Å²) in [5, 5.41) is 2.95. The highest BCUT2D eigenvalue weighted by Crippen LogP contribution is 2.20. The van der Waals surface area contributed by atoms with Gasteiger partial charge >= 0.3 is 12.0 Å². The molecule has 0 spiro atoms. The lowest BCUT2D eigenvalue weighted by Gasteiger charge is -2.38. The Balaban J connectivity index is 1.49. The summed E-state index contributed by atoms with van der Waals surface area (Å²) in [7, 11) is 2.17. The lowest BCUT2D eigenvalue weighted by atomic mass is 9.97. The zero-order valence-electron chi connectivity index (χ0n) is 17.0. The summed E-state index contributed by atoms with van der Waals surface area (Å²) in [5.74, 6) is 0.192. The molecule has 1 N–H and O–H groups in total. The Morgan fingerprint density at radius 1 is 1.11 bits per heavy atom. The number of likely N-dealkylation sites (tertiary alicyclic amines) is 1. The molecule has 0 saturated carbocycles. The van der Waals surface area contributed by atoms with E-state index in [0.717, 1.165) is 52.2 Å². The first kappa shape index (κ1) is 20.6. The lowest BCUT2D eigenvalue weighted by molar-refractivity contribution is 0.0526. The molecule has 2 saturated heterocycles. The standard InChI is InChI=1S/C21H32N4O3/c1-3-28-20(26)18-6-8-19(9-7-18)22-21(27)25-10-4-5-17(16-25)15-24-13-11-23(2)12-14-24/h6-9,17H,3-5,10-16H2,1-2H3,(H,22,27)/t17-/m1/s1. The maximum atomic E-state index is 12.7. The van der Waals surface area contributed by atoms with Gasteiger partial charge in [0.25, 0.3) is 0 Å². The highest BCUT2D eigenvalue weighted by Gasteiger charge is 2.26. The third kappa shape index (κ3) is 5.69. The lowest BCUT2D eigenvalue weighted by Crippen LogP contribution is -2.49. The highest BCUT2D eigenvalue weighted by atomic mass is 16.5. The van der Waals surface area contributed by atoms with Crippen molar-refractivity contribution in [1.82, 2.24) is 14.7 Å². The number of esters is 1. The molecule has 7 nitrogen and oxygen atoms in total. The molecule has 0 aliphatic carbocycles. The van der Waals surface area contributed by atoms with Gasteiger partial charge in [0.2, 0.25) is 0 Å². The number of piperidine rings is 1. The number of carbonyl (C=O) groups is 2. The van der Waals surface area contributed by atoms with Gasteiger partial charge in [-0.1, -0.05) is 0 Å². The number of likely N-dealkylation sites (N-methyl/N-ethyl adjacent to an activating group) is 1. The average molecular weight is 389 g/mol.